The third kappa shape index (κ3) is 2.95. The summed E-state index contributed by atoms with van der Waals surface area (Å²) in [6.07, 6.45) is 3.46. The first-order valence-corrected chi connectivity index (χ1v) is 7.09. The van der Waals surface area contributed by atoms with Crippen molar-refractivity contribution >= 4 is 22.3 Å². The molecule has 2 aromatic rings. The lowest BCUT2D eigenvalue weighted by molar-refractivity contribution is -0.384. The molecular formula is C15H17N3O3. The first kappa shape index (κ1) is 13.8. The van der Waals surface area contributed by atoms with Crippen molar-refractivity contribution in [2.24, 2.45) is 5.92 Å². The Morgan fingerprint density at radius 3 is 3.05 bits per heavy atom. The number of anilines is 1. The van der Waals surface area contributed by atoms with Gasteiger partial charge in [-0.05, 0) is 24.8 Å². The number of nitrogens with one attached hydrogen (secondary N) is 1. The van der Waals surface area contributed by atoms with Crippen LogP contribution in [0.1, 0.15) is 12.8 Å². The van der Waals surface area contributed by atoms with Crippen LogP contribution in [-0.2, 0) is 4.74 Å². The third-order valence-corrected chi connectivity index (χ3v) is 3.77. The second kappa shape index (κ2) is 6.05. The van der Waals surface area contributed by atoms with E-state index in [0.29, 0.717) is 24.8 Å². The van der Waals surface area contributed by atoms with Gasteiger partial charge < -0.3 is 10.1 Å². The van der Waals surface area contributed by atoms with Crippen molar-refractivity contribution in [1.29, 1.82) is 0 Å². The zero-order chi connectivity index (χ0) is 14.7. The van der Waals surface area contributed by atoms with E-state index in [1.807, 2.05) is 24.3 Å². The maximum Gasteiger partial charge on any atom is 0.311 e. The van der Waals surface area contributed by atoms with Crippen molar-refractivity contribution in [3.8, 4) is 0 Å². The third-order valence-electron chi connectivity index (χ3n) is 3.77. The van der Waals surface area contributed by atoms with Gasteiger partial charge in [0.2, 0.25) is 0 Å². The highest BCUT2D eigenvalue weighted by Gasteiger charge is 2.20. The molecule has 0 spiro atoms. The smallest absolute Gasteiger partial charge is 0.311 e. The van der Waals surface area contributed by atoms with Gasteiger partial charge in [0.15, 0.2) is 0 Å². The Morgan fingerprint density at radius 2 is 2.29 bits per heavy atom. The van der Waals surface area contributed by atoms with Crippen LogP contribution in [0.2, 0.25) is 0 Å². The topological polar surface area (TPSA) is 77.3 Å². The van der Waals surface area contributed by atoms with Crippen molar-refractivity contribution < 1.29 is 9.66 Å². The number of para-hydroxylation sites is 1. The molecule has 1 fully saturated rings. The van der Waals surface area contributed by atoms with E-state index in [0.717, 1.165) is 30.4 Å². The van der Waals surface area contributed by atoms with Gasteiger partial charge in [-0.2, -0.15) is 0 Å². The summed E-state index contributed by atoms with van der Waals surface area (Å²) in [6.45, 7) is 2.20. The van der Waals surface area contributed by atoms with Crippen LogP contribution in [0.5, 0.6) is 0 Å². The van der Waals surface area contributed by atoms with Gasteiger partial charge in [0, 0.05) is 18.5 Å². The summed E-state index contributed by atoms with van der Waals surface area (Å²) in [5.41, 5.74) is 1.33. The number of fused-ring (bicyclic) bond motifs is 1. The highest BCUT2D eigenvalue weighted by molar-refractivity contribution is 5.95. The lowest BCUT2D eigenvalue weighted by Gasteiger charge is -2.22. The van der Waals surface area contributed by atoms with Gasteiger partial charge in [-0.1, -0.05) is 18.2 Å². The molecule has 1 aromatic carbocycles. The van der Waals surface area contributed by atoms with Gasteiger partial charge >= 0.3 is 5.69 Å². The highest BCUT2D eigenvalue weighted by atomic mass is 16.6. The van der Waals surface area contributed by atoms with Crippen LogP contribution in [0.4, 0.5) is 11.4 Å². The molecule has 1 N–H and O–H groups in total. The van der Waals surface area contributed by atoms with Gasteiger partial charge in [0.1, 0.15) is 11.9 Å². The van der Waals surface area contributed by atoms with E-state index >= 15 is 0 Å². The predicted molar refractivity (Wildman–Crippen MR) is 80.4 cm³/mol. The normalized spacial score (nSPS) is 18.6. The lowest BCUT2D eigenvalue weighted by atomic mass is 10.0. The van der Waals surface area contributed by atoms with Crippen molar-refractivity contribution in [1.82, 2.24) is 4.98 Å². The van der Waals surface area contributed by atoms with Crippen LogP contribution in [0.3, 0.4) is 0 Å². The fraction of sp³-hybridized carbons (Fsp3) is 0.400. The number of rotatable bonds is 4. The van der Waals surface area contributed by atoms with E-state index in [-0.39, 0.29) is 10.6 Å². The second-order valence-corrected chi connectivity index (χ2v) is 5.26. The largest absolute Gasteiger partial charge is 0.381 e. The van der Waals surface area contributed by atoms with E-state index < -0.39 is 0 Å². The van der Waals surface area contributed by atoms with Gasteiger partial charge in [-0.15, -0.1) is 0 Å². The lowest BCUT2D eigenvalue weighted by Crippen LogP contribution is -2.24. The minimum absolute atomic E-state index is 0.0189. The first-order chi connectivity index (χ1) is 10.3. The molecule has 0 aliphatic carbocycles. The molecule has 0 bridgehead atoms. The van der Waals surface area contributed by atoms with Crippen LogP contribution in [-0.4, -0.2) is 29.7 Å². The van der Waals surface area contributed by atoms with E-state index in [1.54, 1.807) is 0 Å². The molecule has 1 atom stereocenters. The average Bonchev–Trinajstić information content (AvgIpc) is 2.53. The van der Waals surface area contributed by atoms with Crippen molar-refractivity contribution in [2.75, 3.05) is 25.1 Å². The van der Waals surface area contributed by atoms with E-state index in [9.17, 15) is 10.1 Å². The Kier molecular flexibility index (Phi) is 3.96. The summed E-state index contributed by atoms with van der Waals surface area (Å²) in [7, 11) is 0. The molecule has 1 aromatic heterocycles. The molecule has 21 heavy (non-hydrogen) atoms. The maximum atomic E-state index is 11.2. The Morgan fingerprint density at radius 1 is 1.43 bits per heavy atom. The number of benzene rings is 1. The molecule has 1 saturated heterocycles. The SMILES string of the molecule is O=[N+]([O-])c1cnc2ccccc2c1NCC1CCCOC1. The molecule has 110 valence electrons. The summed E-state index contributed by atoms with van der Waals surface area (Å²) in [4.78, 5) is 15.0. The maximum absolute atomic E-state index is 11.2. The van der Waals surface area contributed by atoms with Gasteiger partial charge in [0.05, 0.1) is 17.0 Å². The van der Waals surface area contributed by atoms with Gasteiger partial charge in [-0.25, -0.2) is 4.98 Å². The fourth-order valence-corrected chi connectivity index (χ4v) is 2.67. The number of ether oxygens (including phenoxy) is 1. The summed E-state index contributed by atoms with van der Waals surface area (Å²) in [6, 6.07) is 7.45. The summed E-state index contributed by atoms with van der Waals surface area (Å²) in [5.74, 6) is 0.394. The molecular weight excluding hydrogens is 270 g/mol. The number of nitrogens with zero attached hydrogens (tertiary/aromatic N) is 2. The first-order valence-electron chi connectivity index (χ1n) is 7.09. The van der Waals surface area contributed by atoms with E-state index in [2.05, 4.69) is 10.3 Å². The molecule has 0 amide bonds. The molecule has 0 radical (unpaired) electrons. The van der Waals surface area contributed by atoms with E-state index in [4.69, 9.17) is 4.74 Å². The zero-order valence-corrected chi connectivity index (χ0v) is 11.6. The molecule has 6 nitrogen and oxygen atoms in total. The van der Waals surface area contributed by atoms with Crippen molar-refractivity contribution in [3.63, 3.8) is 0 Å². The quantitative estimate of drug-likeness (QED) is 0.691. The van der Waals surface area contributed by atoms with Crippen molar-refractivity contribution in [3.05, 3.63) is 40.6 Å². The monoisotopic (exact) mass is 287 g/mol. The Balaban J connectivity index is 1.90. The average molecular weight is 287 g/mol. The minimum Gasteiger partial charge on any atom is -0.381 e. The Bertz CT molecular complexity index is 654. The predicted octanol–water partition coefficient (Wildman–Crippen LogP) is 2.98. The number of aromatic nitrogens is 1. The van der Waals surface area contributed by atoms with Crippen LogP contribution >= 0.6 is 0 Å². The summed E-state index contributed by atoms with van der Waals surface area (Å²) >= 11 is 0. The molecule has 6 heteroatoms. The van der Waals surface area contributed by atoms with Crippen LogP contribution in [0.15, 0.2) is 30.5 Å². The molecule has 2 heterocycles. The number of pyridine rings is 1. The highest BCUT2D eigenvalue weighted by Crippen LogP contribution is 2.31. The minimum atomic E-state index is -0.390. The summed E-state index contributed by atoms with van der Waals surface area (Å²) in [5, 5.41) is 15.2. The van der Waals surface area contributed by atoms with Crippen LogP contribution in [0.25, 0.3) is 10.9 Å². The van der Waals surface area contributed by atoms with E-state index in [1.165, 1.54) is 6.20 Å². The molecule has 1 aliphatic heterocycles. The Hall–Kier alpha value is -2.21. The molecule has 1 aliphatic rings. The van der Waals surface area contributed by atoms with Crippen LogP contribution < -0.4 is 5.32 Å². The summed E-state index contributed by atoms with van der Waals surface area (Å²) < 4.78 is 5.45. The fourth-order valence-electron chi connectivity index (χ4n) is 2.67. The number of nitro groups is 1. The molecule has 3 rings (SSSR count). The molecule has 1 unspecified atom stereocenters. The number of hydrogen-bond donors (Lipinski definition) is 1. The number of hydrogen-bond acceptors (Lipinski definition) is 5. The van der Waals surface area contributed by atoms with Crippen LogP contribution in [0, 0.1) is 16.0 Å². The van der Waals surface area contributed by atoms with Gasteiger partial charge in [0.25, 0.3) is 0 Å². The van der Waals surface area contributed by atoms with Crippen molar-refractivity contribution in [2.45, 2.75) is 12.8 Å². The molecule has 0 saturated carbocycles. The van der Waals surface area contributed by atoms with Gasteiger partial charge in [-0.3, -0.25) is 10.1 Å². The second-order valence-electron chi connectivity index (χ2n) is 5.26. The standard InChI is InChI=1S/C15H17N3O3/c19-18(20)14-9-16-13-6-2-1-5-12(13)15(14)17-8-11-4-3-7-21-10-11/h1-2,5-6,9,11H,3-4,7-8,10H2,(H,16,17). The zero-order valence-electron chi connectivity index (χ0n) is 11.6. The Labute approximate surface area is 122 Å².